The minimum Gasteiger partial charge on any atom is -0.496 e. The Balaban J connectivity index is 1.94. The molecule has 2 aromatic rings. The molecule has 120 valence electrons. The molecule has 5 heteroatoms. The fourth-order valence-corrected chi connectivity index (χ4v) is 2.76. The summed E-state index contributed by atoms with van der Waals surface area (Å²) in [6.07, 6.45) is 0.353. The normalized spacial score (nSPS) is 13.7. The van der Waals surface area contributed by atoms with Gasteiger partial charge in [0.15, 0.2) is 11.5 Å². The number of carbonyl (C=O) groups is 1. The van der Waals surface area contributed by atoms with E-state index >= 15 is 0 Å². The van der Waals surface area contributed by atoms with Gasteiger partial charge in [-0.3, -0.25) is 4.79 Å². The number of rotatable bonds is 5. The van der Waals surface area contributed by atoms with E-state index in [2.05, 4.69) is 0 Å². The smallest absolute Gasteiger partial charge is 0.311 e. The van der Waals surface area contributed by atoms with Crippen molar-refractivity contribution in [3.63, 3.8) is 0 Å². The molecule has 0 fully saturated rings. The zero-order valence-electron chi connectivity index (χ0n) is 13.0. The maximum absolute atomic E-state index is 11.8. The van der Waals surface area contributed by atoms with Crippen LogP contribution < -0.4 is 14.2 Å². The second kappa shape index (κ2) is 6.20. The minimum absolute atomic E-state index is 0.201. The van der Waals surface area contributed by atoms with Crippen LogP contribution in [0.3, 0.4) is 0 Å². The summed E-state index contributed by atoms with van der Waals surface area (Å²) in [7, 11) is 1.55. The molecule has 0 amide bonds. The minimum atomic E-state index is -0.883. The number of ether oxygens (including phenoxy) is 3. The molecule has 0 aromatic heterocycles. The highest BCUT2D eigenvalue weighted by atomic mass is 16.7. The van der Waals surface area contributed by atoms with Crippen LogP contribution in [0.1, 0.15) is 22.6 Å². The van der Waals surface area contributed by atoms with Crippen molar-refractivity contribution in [2.45, 2.75) is 19.3 Å². The second-order valence-corrected chi connectivity index (χ2v) is 5.53. The van der Waals surface area contributed by atoms with E-state index in [0.717, 1.165) is 11.1 Å². The van der Waals surface area contributed by atoms with E-state index < -0.39 is 11.9 Å². The van der Waals surface area contributed by atoms with E-state index in [1.807, 2.05) is 37.3 Å². The Morgan fingerprint density at radius 3 is 2.74 bits per heavy atom. The van der Waals surface area contributed by atoms with Gasteiger partial charge in [-0.1, -0.05) is 23.8 Å². The zero-order valence-corrected chi connectivity index (χ0v) is 13.0. The number of aryl methyl sites for hydroxylation is 1. The third-order valence-electron chi connectivity index (χ3n) is 3.94. The Labute approximate surface area is 134 Å². The van der Waals surface area contributed by atoms with E-state index in [4.69, 9.17) is 14.2 Å². The summed E-state index contributed by atoms with van der Waals surface area (Å²) >= 11 is 0. The van der Waals surface area contributed by atoms with Crippen molar-refractivity contribution in [3.8, 4) is 17.2 Å². The molecule has 1 aliphatic heterocycles. The fourth-order valence-electron chi connectivity index (χ4n) is 2.76. The lowest BCUT2D eigenvalue weighted by Crippen LogP contribution is -2.15. The van der Waals surface area contributed by atoms with Crippen LogP contribution in [0.5, 0.6) is 17.2 Å². The average Bonchev–Trinajstić information content (AvgIpc) is 3.00. The van der Waals surface area contributed by atoms with Crippen LogP contribution in [0, 0.1) is 6.92 Å². The van der Waals surface area contributed by atoms with Crippen LogP contribution in [0.25, 0.3) is 0 Å². The summed E-state index contributed by atoms with van der Waals surface area (Å²) in [4.78, 5) is 11.8. The molecule has 1 N–H and O–H groups in total. The van der Waals surface area contributed by atoms with E-state index in [9.17, 15) is 9.90 Å². The third-order valence-corrected chi connectivity index (χ3v) is 3.94. The lowest BCUT2D eigenvalue weighted by Gasteiger charge is -2.17. The molecule has 0 saturated heterocycles. The monoisotopic (exact) mass is 314 g/mol. The van der Waals surface area contributed by atoms with Crippen LogP contribution in [-0.4, -0.2) is 25.0 Å². The molecule has 0 spiro atoms. The molecule has 1 unspecified atom stereocenters. The van der Waals surface area contributed by atoms with Gasteiger partial charge in [0.25, 0.3) is 0 Å². The van der Waals surface area contributed by atoms with E-state index in [1.165, 1.54) is 0 Å². The van der Waals surface area contributed by atoms with Gasteiger partial charge in [-0.25, -0.2) is 0 Å². The first-order chi connectivity index (χ1) is 11.1. The van der Waals surface area contributed by atoms with Gasteiger partial charge in [0, 0.05) is 5.56 Å². The van der Waals surface area contributed by atoms with Gasteiger partial charge in [-0.05, 0) is 37.1 Å². The molecule has 0 bridgehead atoms. The van der Waals surface area contributed by atoms with Gasteiger partial charge in [0.05, 0.1) is 13.0 Å². The molecule has 0 radical (unpaired) electrons. The third kappa shape index (κ3) is 3.08. The Bertz CT molecular complexity index is 738. The topological polar surface area (TPSA) is 65.0 Å². The Morgan fingerprint density at radius 1 is 1.22 bits per heavy atom. The molecular formula is C18H18O5. The molecule has 0 aliphatic carbocycles. The van der Waals surface area contributed by atoms with Crippen molar-refractivity contribution in [1.82, 2.24) is 0 Å². The SMILES string of the molecule is COc1ccc(C)cc1C(Cc1ccc2c(c1)OCO2)C(=O)O. The largest absolute Gasteiger partial charge is 0.496 e. The fraction of sp³-hybridized carbons (Fsp3) is 0.278. The van der Waals surface area contributed by atoms with Crippen LogP contribution in [-0.2, 0) is 11.2 Å². The number of benzene rings is 2. The second-order valence-electron chi connectivity index (χ2n) is 5.53. The Hall–Kier alpha value is -2.69. The van der Waals surface area contributed by atoms with Crippen molar-refractivity contribution < 1.29 is 24.1 Å². The molecule has 3 rings (SSSR count). The van der Waals surface area contributed by atoms with Crippen LogP contribution in [0.15, 0.2) is 36.4 Å². The van der Waals surface area contributed by atoms with E-state index in [-0.39, 0.29) is 6.79 Å². The molecule has 2 aromatic carbocycles. The molecular weight excluding hydrogens is 296 g/mol. The molecule has 1 atom stereocenters. The van der Waals surface area contributed by atoms with Crippen LogP contribution >= 0.6 is 0 Å². The number of hydrogen-bond donors (Lipinski definition) is 1. The number of aliphatic carboxylic acids is 1. The predicted molar refractivity (Wildman–Crippen MR) is 84.4 cm³/mol. The molecule has 1 heterocycles. The quantitative estimate of drug-likeness (QED) is 0.918. The van der Waals surface area contributed by atoms with Gasteiger partial charge in [-0.2, -0.15) is 0 Å². The van der Waals surface area contributed by atoms with Gasteiger partial charge in [0.1, 0.15) is 5.75 Å². The first-order valence-corrected chi connectivity index (χ1v) is 7.34. The van der Waals surface area contributed by atoms with Gasteiger partial charge in [0.2, 0.25) is 6.79 Å². The lowest BCUT2D eigenvalue weighted by molar-refractivity contribution is -0.138. The summed E-state index contributed by atoms with van der Waals surface area (Å²) in [6.45, 7) is 2.13. The molecule has 1 aliphatic rings. The maximum Gasteiger partial charge on any atom is 0.311 e. The lowest BCUT2D eigenvalue weighted by atomic mass is 9.90. The van der Waals surface area contributed by atoms with Crippen LogP contribution in [0.4, 0.5) is 0 Å². The molecule has 5 nitrogen and oxygen atoms in total. The van der Waals surface area contributed by atoms with Crippen molar-refractivity contribution >= 4 is 5.97 Å². The number of fused-ring (bicyclic) bond motifs is 1. The predicted octanol–water partition coefficient (Wildman–Crippen LogP) is 3.14. The highest BCUT2D eigenvalue weighted by Crippen LogP contribution is 2.35. The number of hydrogen-bond acceptors (Lipinski definition) is 4. The number of methoxy groups -OCH3 is 1. The van der Waals surface area contributed by atoms with E-state index in [0.29, 0.717) is 29.2 Å². The summed E-state index contributed by atoms with van der Waals surface area (Å²) in [5.74, 6) is 0.358. The van der Waals surface area contributed by atoms with Gasteiger partial charge >= 0.3 is 5.97 Å². The standard InChI is InChI=1S/C18H18O5/c1-11-3-5-15(21-2)13(7-11)14(18(19)20)8-12-4-6-16-17(9-12)23-10-22-16/h3-7,9,14H,8,10H2,1-2H3,(H,19,20). The zero-order chi connectivity index (χ0) is 16.4. The van der Waals surface area contributed by atoms with Crippen LogP contribution in [0.2, 0.25) is 0 Å². The number of carboxylic acids is 1. The van der Waals surface area contributed by atoms with Crippen molar-refractivity contribution in [2.75, 3.05) is 13.9 Å². The highest BCUT2D eigenvalue weighted by Gasteiger charge is 2.25. The van der Waals surface area contributed by atoms with Gasteiger partial charge in [-0.15, -0.1) is 0 Å². The molecule has 23 heavy (non-hydrogen) atoms. The Kier molecular flexibility index (Phi) is 4.10. The first-order valence-electron chi connectivity index (χ1n) is 7.34. The molecule has 0 saturated carbocycles. The summed E-state index contributed by atoms with van der Waals surface area (Å²) in [5, 5.41) is 9.68. The summed E-state index contributed by atoms with van der Waals surface area (Å²) < 4.78 is 16.0. The first kappa shape index (κ1) is 15.2. The van der Waals surface area contributed by atoms with Crippen molar-refractivity contribution in [1.29, 1.82) is 0 Å². The van der Waals surface area contributed by atoms with Crippen molar-refractivity contribution in [3.05, 3.63) is 53.1 Å². The van der Waals surface area contributed by atoms with Gasteiger partial charge < -0.3 is 19.3 Å². The Morgan fingerprint density at radius 2 is 2.00 bits per heavy atom. The maximum atomic E-state index is 11.8. The van der Waals surface area contributed by atoms with Crippen molar-refractivity contribution in [2.24, 2.45) is 0 Å². The average molecular weight is 314 g/mol. The number of carboxylic acid groups (broad SMARTS) is 1. The van der Waals surface area contributed by atoms with E-state index in [1.54, 1.807) is 13.2 Å². The summed E-state index contributed by atoms with van der Waals surface area (Å²) in [6, 6.07) is 11.1. The highest BCUT2D eigenvalue weighted by molar-refractivity contribution is 5.78. The summed E-state index contributed by atoms with van der Waals surface area (Å²) in [5.41, 5.74) is 2.56.